The van der Waals surface area contributed by atoms with Gasteiger partial charge in [-0.15, -0.1) is 5.10 Å². The normalized spacial score (nSPS) is 20.9. The van der Waals surface area contributed by atoms with Crippen LogP contribution in [0.25, 0.3) is 27.8 Å². The minimum atomic E-state index is -2.74. The van der Waals surface area contributed by atoms with Crippen molar-refractivity contribution in [2.45, 2.75) is 38.2 Å². The molecule has 0 bridgehead atoms. The van der Waals surface area contributed by atoms with Crippen molar-refractivity contribution in [3.63, 3.8) is 0 Å². The van der Waals surface area contributed by atoms with Crippen molar-refractivity contribution in [2.75, 3.05) is 0 Å². The summed E-state index contributed by atoms with van der Waals surface area (Å²) in [7, 11) is 0. The zero-order chi connectivity index (χ0) is 28.0. The predicted molar refractivity (Wildman–Crippen MR) is 149 cm³/mol. The van der Waals surface area contributed by atoms with Crippen LogP contribution >= 0.6 is 11.6 Å². The van der Waals surface area contributed by atoms with Crippen LogP contribution in [0.2, 0.25) is 5.02 Å². The molecule has 11 heteroatoms. The predicted octanol–water partition coefficient (Wildman–Crippen LogP) is 6.57. The van der Waals surface area contributed by atoms with Gasteiger partial charge >= 0.3 is 0 Å². The summed E-state index contributed by atoms with van der Waals surface area (Å²) in [6, 6.07) is 14.6. The molecule has 2 aliphatic heterocycles. The van der Waals surface area contributed by atoms with Crippen LogP contribution in [-0.4, -0.2) is 30.4 Å². The lowest BCUT2D eigenvalue weighted by Crippen LogP contribution is -2.26. The number of aromatic nitrogens is 5. The zero-order valence-corrected chi connectivity index (χ0v) is 22.4. The van der Waals surface area contributed by atoms with Gasteiger partial charge in [-0.2, -0.15) is 0 Å². The highest BCUT2D eigenvalue weighted by Crippen LogP contribution is 2.61. The van der Waals surface area contributed by atoms with Gasteiger partial charge in [-0.1, -0.05) is 28.0 Å². The molecule has 0 amide bonds. The number of alkyl halides is 2. The van der Waals surface area contributed by atoms with Crippen molar-refractivity contribution < 1.29 is 13.3 Å². The number of pyridine rings is 1. The monoisotopic (exact) mass is 570 g/mol. The number of aryl methyl sites for hydroxylation is 1. The van der Waals surface area contributed by atoms with Crippen LogP contribution in [0.15, 0.2) is 80.8 Å². The number of hydrogen-bond acceptors (Lipinski definition) is 6. The standard InChI is InChI=1S/C30H21ClF2N6O2/c1-14-19-4-2-15(8-27(19)41-36-14)23-6-17(12-34-23)29-22-11-21(22)26-7-16(9-28(40)39(26)29)20-10-18(31)3-5-25(20)38-13-24(30(32)33)35-37-38/h2-5,7-10,12-13,21-22,29-30H,6,11H2,1H3. The molecule has 0 spiro atoms. The van der Waals surface area contributed by atoms with Crippen LogP contribution in [0.1, 0.15) is 53.9 Å². The molecule has 5 aromatic rings. The lowest BCUT2D eigenvalue weighted by Gasteiger charge is -2.20. The Labute approximate surface area is 236 Å². The van der Waals surface area contributed by atoms with Gasteiger partial charge in [0.25, 0.3) is 12.0 Å². The van der Waals surface area contributed by atoms with Gasteiger partial charge in [0.1, 0.15) is 5.69 Å². The fraction of sp³-hybridized carbons (Fsp3) is 0.233. The molecular formula is C30H21ClF2N6O2. The van der Waals surface area contributed by atoms with E-state index in [4.69, 9.17) is 21.1 Å². The number of nitrogens with zero attached hydrogens (tertiary/aromatic N) is 6. The average molecular weight is 571 g/mol. The van der Waals surface area contributed by atoms with Gasteiger partial charge in [0.2, 0.25) is 0 Å². The van der Waals surface area contributed by atoms with E-state index in [9.17, 15) is 13.6 Å². The number of aliphatic imine (C=N–C) groups is 1. The van der Waals surface area contributed by atoms with E-state index in [1.807, 2.05) is 42.0 Å². The van der Waals surface area contributed by atoms with Gasteiger partial charge in [-0.25, -0.2) is 13.5 Å². The van der Waals surface area contributed by atoms with Crippen molar-refractivity contribution in [3.05, 3.63) is 105 Å². The molecule has 3 unspecified atom stereocenters. The lowest BCUT2D eigenvalue weighted by molar-refractivity contribution is 0.146. The molecule has 8 nitrogen and oxygen atoms in total. The van der Waals surface area contributed by atoms with E-state index < -0.39 is 12.1 Å². The minimum Gasteiger partial charge on any atom is -0.356 e. The Balaban J connectivity index is 1.13. The third-order valence-corrected chi connectivity index (χ3v) is 8.61. The molecule has 41 heavy (non-hydrogen) atoms. The topological polar surface area (TPSA) is 91.1 Å². The second-order valence-electron chi connectivity index (χ2n) is 10.8. The molecule has 8 rings (SSSR count). The van der Waals surface area contributed by atoms with E-state index in [0.29, 0.717) is 34.2 Å². The highest BCUT2D eigenvalue weighted by Gasteiger charge is 2.54. The number of hydrogen-bond donors (Lipinski definition) is 0. The molecule has 204 valence electrons. The van der Waals surface area contributed by atoms with Crippen molar-refractivity contribution in [1.82, 2.24) is 24.7 Å². The summed E-state index contributed by atoms with van der Waals surface area (Å²) < 4.78 is 35.0. The number of allylic oxidation sites excluding steroid dienone is 1. The first-order valence-electron chi connectivity index (χ1n) is 13.2. The molecule has 0 saturated heterocycles. The number of benzene rings is 2. The Morgan fingerprint density at radius 3 is 2.80 bits per heavy atom. The molecule has 1 aliphatic carbocycles. The SMILES string of the molecule is Cc1noc2cc(C3=NC=C(C4C5CC5c5cc(-c6cc(Cl)ccc6-n6cc(C(F)F)nn6)cc(=O)n54)C3)ccc12. The lowest BCUT2D eigenvalue weighted by atomic mass is 9.96. The molecule has 1 saturated carbocycles. The Kier molecular flexibility index (Phi) is 5.22. The highest BCUT2D eigenvalue weighted by atomic mass is 35.5. The molecule has 0 N–H and O–H groups in total. The van der Waals surface area contributed by atoms with E-state index >= 15 is 0 Å². The molecule has 1 fully saturated rings. The van der Waals surface area contributed by atoms with Gasteiger partial charge in [0.05, 0.1) is 29.3 Å². The summed E-state index contributed by atoms with van der Waals surface area (Å²) in [6.07, 6.45) is 2.00. The van der Waals surface area contributed by atoms with Crippen LogP contribution in [0, 0.1) is 12.8 Å². The van der Waals surface area contributed by atoms with E-state index in [2.05, 4.69) is 15.5 Å². The molecule has 2 aromatic carbocycles. The van der Waals surface area contributed by atoms with Gasteiger partial charge in [0.15, 0.2) is 5.58 Å². The van der Waals surface area contributed by atoms with Crippen molar-refractivity contribution >= 4 is 28.3 Å². The van der Waals surface area contributed by atoms with Crippen LogP contribution in [-0.2, 0) is 0 Å². The molecule has 5 heterocycles. The first-order valence-corrected chi connectivity index (χ1v) is 13.6. The maximum atomic E-state index is 13.7. The van der Waals surface area contributed by atoms with Crippen molar-refractivity contribution in [3.8, 4) is 16.8 Å². The molecule has 3 aromatic heterocycles. The number of halogens is 3. The highest BCUT2D eigenvalue weighted by molar-refractivity contribution is 6.31. The molecular weight excluding hydrogens is 550 g/mol. The van der Waals surface area contributed by atoms with Gasteiger partial charge in [-0.3, -0.25) is 9.79 Å². The maximum absolute atomic E-state index is 13.7. The summed E-state index contributed by atoms with van der Waals surface area (Å²) in [5, 5.41) is 13.0. The quantitative estimate of drug-likeness (QED) is 0.238. The molecule has 0 radical (unpaired) electrons. The van der Waals surface area contributed by atoms with Crippen LogP contribution < -0.4 is 5.56 Å². The zero-order valence-electron chi connectivity index (χ0n) is 21.6. The molecule has 3 aliphatic rings. The van der Waals surface area contributed by atoms with Gasteiger partial charge in [-0.05, 0) is 66.8 Å². The summed E-state index contributed by atoms with van der Waals surface area (Å²) in [5.74, 6) is 0.603. The van der Waals surface area contributed by atoms with Crippen molar-refractivity contribution in [1.29, 1.82) is 0 Å². The van der Waals surface area contributed by atoms with Crippen LogP contribution in [0.3, 0.4) is 0 Å². The smallest absolute Gasteiger partial charge is 0.283 e. The van der Waals surface area contributed by atoms with E-state index in [-0.39, 0.29) is 17.5 Å². The summed E-state index contributed by atoms with van der Waals surface area (Å²) in [5.41, 5.74) is 6.81. The van der Waals surface area contributed by atoms with E-state index in [0.717, 1.165) is 45.6 Å². The third kappa shape index (κ3) is 3.81. The van der Waals surface area contributed by atoms with Gasteiger partial charge < -0.3 is 9.09 Å². The first kappa shape index (κ1) is 24.4. The fourth-order valence-corrected chi connectivity index (χ4v) is 6.53. The largest absolute Gasteiger partial charge is 0.356 e. The second kappa shape index (κ2) is 8.78. The fourth-order valence-electron chi connectivity index (χ4n) is 6.35. The minimum absolute atomic E-state index is 0.0585. The Hall–Kier alpha value is -4.44. The summed E-state index contributed by atoms with van der Waals surface area (Å²) in [4.78, 5) is 18.4. The molecule has 3 atom stereocenters. The third-order valence-electron chi connectivity index (χ3n) is 8.38. The van der Waals surface area contributed by atoms with E-state index in [1.54, 1.807) is 24.3 Å². The van der Waals surface area contributed by atoms with Crippen molar-refractivity contribution in [2.24, 2.45) is 10.9 Å². The Bertz CT molecular complexity index is 2020. The van der Waals surface area contributed by atoms with E-state index in [1.165, 1.54) is 10.9 Å². The maximum Gasteiger partial charge on any atom is 0.283 e. The Morgan fingerprint density at radius 1 is 1.10 bits per heavy atom. The Morgan fingerprint density at radius 2 is 1.98 bits per heavy atom. The second-order valence-corrected chi connectivity index (χ2v) is 11.3. The number of fused-ring (bicyclic) bond motifs is 4. The summed E-state index contributed by atoms with van der Waals surface area (Å²) >= 11 is 6.33. The van der Waals surface area contributed by atoms with Crippen LogP contribution in [0.5, 0.6) is 0 Å². The summed E-state index contributed by atoms with van der Waals surface area (Å²) in [6.45, 7) is 1.91. The van der Waals surface area contributed by atoms with Gasteiger partial charge in [0, 0.05) is 51.8 Å². The van der Waals surface area contributed by atoms with Crippen LogP contribution in [0.4, 0.5) is 8.78 Å². The average Bonchev–Trinajstić information content (AvgIpc) is 3.36. The first-order chi connectivity index (χ1) is 19.9. The number of rotatable bonds is 5.